The first-order valence-corrected chi connectivity index (χ1v) is 7.02. The molecule has 0 aliphatic carbocycles. The molecule has 1 amide bonds. The van der Waals surface area contributed by atoms with Gasteiger partial charge in [-0.05, 0) is 24.1 Å². The number of anilines is 2. The summed E-state index contributed by atoms with van der Waals surface area (Å²) < 4.78 is 5.48. The van der Waals surface area contributed by atoms with Crippen LogP contribution in [0.15, 0.2) is 54.6 Å². The minimum Gasteiger partial charge on any atom is -0.397 e. The van der Waals surface area contributed by atoms with Crippen molar-refractivity contribution in [1.82, 2.24) is 0 Å². The van der Waals surface area contributed by atoms with E-state index >= 15 is 0 Å². The van der Waals surface area contributed by atoms with Gasteiger partial charge in [0.2, 0.25) is 5.91 Å². The van der Waals surface area contributed by atoms with Crippen LogP contribution in [0.4, 0.5) is 11.4 Å². The number of ether oxygens (including phenoxy) is 1. The van der Waals surface area contributed by atoms with Crippen molar-refractivity contribution in [3.05, 3.63) is 60.2 Å². The molecule has 0 heterocycles. The van der Waals surface area contributed by atoms with Gasteiger partial charge in [-0.2, -0.15) is 0 Å². The molecule has 0 fully saturated rings. The fourth-order valence-corrected chi connectivity index (χ4v) is 1.93. The molecule has 0 spiro atoms. The second-order valence-corrected chi connectivity index (χ2v) is 4.73. The van der Waals surface area contributed by atoms with Gasteiger partial charge in [-0.25, -0.2) is 0 Å². The molecule has 0 saturated heterocycles. The molecule has 2 aromatic carbocycles. The fraction of sp³-hybridized carbons (Fsp3) is 0.235. The Bertz CT molecular complexity index is 570. The van der Waals surface area contributed by atoms with E-state index in [1.807, 2.05) is 30.3 Å². The Morgan fingerprint density at radius 3 is 2.48 bits per heavy atom. The molecule has 0 unspecified atom stereocenters. The Kier molecular flexibility index (Phi) is 5.79. The lowest BCUT2D eigenvalue weighted by Crippen LogP contribution is -2.15. The van der Waals surface area contributed by atoms with E-state index in [0.29, 0.717) is 31.0 Å². The van der Waals surface area contributed by atoms with Crippen LogP contribution in [0.5, 0.6) is 0 Å². The van der Waals surface area contributed by atoms with Crippen LogP contribution in [0.1, 0.15) is 12.0 Å². The van der Waals surface area contributed by atoms with E-state index in [1.165, 1.54) is 5.56 Å². The summed E-state index contributed by atoms with van der Waals surface area (Å²) in [6.45, 7) is 1.02. The molecule has 0 aliphatic heterocycles. The third-order valence-electron chi connectivity index (χ3n) is 3.09. The van der Waals surface area contributed by atoms with Crippen molar-refractivity contribution in [3.8, 4) is 0 Å². The molecule has 0 bridgehead atoms. The highest BCUT2D eigenvalue weighted by Gasteiger charge is 2.04. The molecule has 0 aromatic heterocycles. The first kappa shape index (κ1) is 15.1. The van der Waals surface area contributed by atoms with E-state index in [2.05, 4.69) is 17.4 Å². The number of amides is 1. The van der Waals surface area contributed by atoms with Crippen molar-refractivity contribution in [3.63, 3.8) is 0 Å². The Labute approximate surface area is 124 Å². The van der Waals surface area contributed by atoms with Crippen LogP contribution in [-0.4, -0.2) is 19.1 Å². The van der Waals surface area contributed by atoms with E-state index in [4.69, 9.17) is 10.5 Å². The van der Waals surface area contributed by atoms with Crippen LogP contribution in [-0.2, 0) is 16.0 Å². The van der Waals surface area contributed by atoms with Crippen molar-refractivity contribution in [2.24, 2.45) is 0 Å². The molecule has 0 aliphatic rings. The first-order chi connectivity index (χ1) is 10.3. The van der Waals surface area contributed by atoms with E-state index in [-0.39, 0.29) is 5.91 Å². The lowest BCUT2D eigenvalue weighted by molar-refractivity contribution is -0.117. The predicted octanol–water partition coefficient (Wildman–Crippen LogP) is 2.86. The molecule has 2 aromatic rings. The molecule has 3 N–H and O–H groups in total. The summed E-state index contributed by atoms with van der Waals surface area (Å²) in [4.78, 5) is 11.8. The van der Waals surface area contributed by atoms with Crippen LogP contribution >= 0.6 is 0 Å². The highest BCUT2D eigenvalue weighted by molar-refractivity contribution is 5.93. The van der Waals surface area contributed by atoms with Gasteiger partial charge in [-0.3, -0.25) is 4.79 Å². The zero-order valence-electron chi connectivity index (χ0n) is 11.9. The molecule has 0 atom stereocenters. The maximum absolute atomic E-state index is 11.8. The third-order valence-corrected chi connectivity index (χ3v) is 3.09. The quantitative estimate of drug-likeness (QED) is 0.607. The largest absolute Gasteiger partial charge is 0.397 e. The van der Waals surface area contributed by atoms with Gasteiger partial charge < -0.3 is 15.8 Å². The van der Waals surface area contributed by atoms with Crippen LogP contribution in [0.2, 0.25) is 0 Å². The van der Waals surface area contributed by atoms with Crippen molar-refractivity contribution < 1.29 is 9.53 Å². The fourth-order valence-electron chi connectivity index (χ4n) is 1.93. The summed E-state index contributed by atoms with van der Waals surface area (Å²) in [6.07, 6.45) is 1.18. The minimum absolute atomic E-state index is 0.0902. The van der Waals surface area contributed by atoms with Gasteiger partial charge >= 0.3 is 0 Å². The van der Waals surface area contributed by atoms with E-state index in [9.17, 15) is 4.79 Å². The summed E-state index contributed by atoms with van der Waals surface area (Å²) in [6, 6.07) is 17.3. The smallest absolute Gasteiger partial charge is 0.226 e. The molecule has 110 valence electrons. The maximum Gasteiger partial charge on any atom is 0.226 e. The number of hydrogen-bond acceptors (Lipinski definition) is 3. The Morgan fingerprint density at radius 1 is 1.00 bits per heavy atom. The van der Waals surface area contributed by atoms with E-state index in [1.54, 1.807) is 12.1 Å². The molecule has 4 nitrogen and oxygen atoms in total. The van der Waals surface area contributed by atoms with Gasteiger partial charge in [-0.15, -0.1) is 0 Å². The number of rotatable bonds is 7. The van der Waals surface area contributed by atoms with Crippen LogP contribution < -0.4 is 11.1 Å². The molecular formula is C17H20N2O2. The number of carbonyl (C=O) groups is 1. The number of nitrogen functional groups attached to an aromatic ring is 1. The van der Waals surface area contributed by atoms with Gasteiger partial charge in [0.15, 0.2) is 0 Å². The monoisotopic (exact) mass is 284 g/mol. The van der Waals surface area contributed by atoms with Crippen LogP contribution in [0.3, 0.4) is 0 Å². The third kappa shape index (κ3) is 5.28. The maximum atomic E-state index is 11.8. The predicted molar refractivity (Wildman–Crippen MR) is 85.1 cm³/mol. The Balaban J connectivity index is 1.63. The number of hydrogen-bond donors (Lipinski definition) is 2. The molecule has 0 saturated carbocycles. The normalized spacial score (nSPS) is 10.3. The standard InChI is InChI=1S/C17H20N2O2/c18-15-8-4-5-9-16(15)19-17(20)11-13-21-12-10-14-6-2-1-3-7-14/h1-9H,10-13,18H2,(H,19,20). The van der Waals surface area contributed by atoms with Crippen LogP contribution in [0.25, 0.3) is 0 Å². The summed E-state index contributed by atoms with van der Waals surface area (Å²) in [7, 11) is 0. The number of benzene rings is 2. The number of para-hydroxylation sites is 2. The number of nitrogens with two attached hydrogens (primary N) is 1. The summed E-state index contributed by atoms with van der Waals surface area (Å²) >= 11 is 0. The zero-order valence-corrected chi connectivity index (χ0v) is 11.9. The topological polar surface area (TPSA) is 64.3 Å². The lowest BCUT2D eigenvalue weighted by atomic mass is 10.2. The summed E-state index contributed by atoms with van der Waals surface area (Å²) in [5.74, 6) is -0.0902. The summed E-state index contributed by atoms with van der Waals surface area (Å²) in [5, 5.41) is 2.77. The first-order valence-electron chi connectivity index (χ1n) is 7.02. The number of nitrogens with one attached hydrogen (secondary N) is 1. The average Bonchev–Trinajstić information content (AvgIpc) is 2.50. The second-order valence-electron chi connectivity index (χ2n) is 4.73. The molecule has 21 heavy (non-hydrogen) atoms. The van der Waals surface area contributed by atoms with Gasteiger partial charge in [0, 0.05) is 0 Å². The molecule has 0 radical (unpaired) electrons. The minimum atomic E-state index is -0.0902. The van der Waals surface area contributed by atoms with Crippen molar-refractivity contribution in [2.75, 3.05) is 24.3 Å². The van der Waals surface area contributed by atoms with Crippen LogP contribution in [0, 0.1) is 0 Å². The Hall–Kier alpha value is -2.33. The van der Waals surface area contributed by atoms with Crippen molar-refractivity contribution in [1.29, 1.82) is 0 Å². The van der Waals surface area contributed by atoms with Gasteiger partial charge in [0.05, 0.1) is 31.0 Å². The molecule has 2 rings (SSSR count). The average molecular weight is 284 g/mol. The van der Waals surface area contributed by atoms with E-state index in [0.717, 1.165) is 6.42 Å². The lowest BCUT2D eigenvalue weighted by Gasteiger charge is -2.08. The van der Waals surface area contributed by atoms with Crippen molar-refractivity contribution in [2.45, 2.75) is 12.8 Å². The SMILES string of the molecule is Nc1ccccc1NC(=O)CCOCCc1ccccc1. The Morgan fingerprint density at radius 2 is 1.71 bits per heavy atom. The highest BCUT2D eigenvalue weighted by atomic mass is 16.5. The zero-order chi connectivity index (χ0) is 14.9. The van der Waals surface area contributed by atoms with Gasteiger partial charge in [0.1, 0.15) is 0 Å². The summed E-state index contributed by atoms with van der Waals surface area (Å²) in [5.41, 5.74) is 8.21. The van der Waals surface area contributed by atoms with Gasteiger partial charge in [0.25, 0.3) is 0 Å². The van der Waals surface area contributed by atoms with Gasteiger partial charge in [-0.1, -0.05) is 42.5 Å². The number of carbonyl (C=O) groups excluding carboxylic acids is 1. The highest BCUT2D eigenvalue weighted by Crippen LogP contribution is 2.16. The second kappa shape index (κ2) is 8.07. The van der Waals surface area contributed by atoms with Crippen molar-refractivity contribution >= 4 is 17.3 Å². The molecule has 4 heteroatoms. The molecular weight excluding hydrogens is 264 g/mol. The van der Waals surface area contributed by atoms with E-state index < -0.39 is 0 Å².